The molecule has 1 saturated heterocycles. The number of hydrogen-bond donors (Lipinski definition) is 1. The summed E-state index contributed by atoms with van der Waals surface area (Å²) in [6, 6.07) is 14.2. The number of rotatable bonds is 8. The number of amides is 2. The van der Waals surface area contributed by atoms with E-state index in [1.165, 1.54) is 0 Å². The van der Waals surface area contributed by atoms with Crippen molar-refractivity contribution in [2.75, 3.05) is 44.2 Å². The number of imidazole rings is 1. The van der Waals surface area contributed by atoms with Gasteiger partial charge in [-0.25, -0.2) is 9.78 Å². The summed E-state index contributed by atoms with van der Waals surface area (Å²) in [6.07, 6.45) is 9.62. The van der Waals surface area contributed by atoms with Crippen molar-refractivity contribution < 1.29 is 14.3 Å². The molecule has 2 amide bonds. The first-order valence-corrected chi connectivity index (χ1v) is 12.3. The highest BCUT2D eigenvalue weighted by atomic mass is 35.5. The number of aromatic nitrogens is 2. The second-order valence-corrected chi connectivity index (χ2v) is 8.93. The second-order valence-electron chi connectivity index (χ2n) is 8.49. The van der Waals surface area contributed by atoms with Gasteiger partial charge in [0.1, 0.15) is 6.54 Å². The molecule has 1 aliphatic rings. The molecule has 188 valence electrons. The summed E-state index contributed by atoms with van der Waals surface area (Å²) in [4.78, 5) is 31.8. The minimum Gasteiger partial charge on any atom is -0.465 e. The van der Waals surface area contributed by atoms with E-state index in [9.17, 15) is 9.59 Å². The Bertz CT molecular complexity index is 1190. The number of carbonyl (C=O) groups excluding carboxylic acids is 2. The van der Waals surface area contributed by atoms with Gasteiger partial charge in [-0.2, -0.15) is 0 Å². The molecule has 0 spiro atoms. The van der Waals surface area contributed by atoms with Crippen LogP contribution >= 0.6 is 11.6 Å². The average molecular weight is 508 g/mol. The molecule has 3 aromatic rings. The molecule has 9 heteroatoms. The van der Waals surface area contributed by atoms with E-state index in [-0.39, 0.29) is 12.6 Å². The van der Waals surface area contributed by atoms with Crippen molar-refractivity contribution in [1.29, 1.82) is 0 Å². The number of nitrogens with one attached hydrogen (secondary N) is 1. The van der Waals surface area contributed by atoms with E-state index >= 15 is 0 Å². The standard InChI is InChI=1S/C27H30ClN5O3/c1-2-36-26(34)18-30-27(35)33-13-11-32(12-14-33)25-7-5-21(6-8-25)3-4-22-15-23(17-24(28)16-22)19-31-10-9-29-20-31/h3-10,15-17,20H,2,11-14,18-19H2,1H3,(H,30,35)/b4-3+. The molecule has 0 unspecified atom stereocenters. The van der Waals surface area contributed by atoms with Crippen LogP contribution in [0.4, 0.5) is 10.5 Å². The number of benzene rings is 2. The number of esters is 1. The van der Waals surface area contributed by atoms with Gasteiger partial charge in [0.15, 0.2) is 0 Å². The fourth-order valence-corrected chi connectivity index (χ4v) is 4.35. The minimum atomic E-state index is -0.427. The molecule has 1 fully saturated rings. The zero-order valence-electron chi connectivity index (χ0n) is 20.3. The molecule has 0 saturated carbocycles. The summed E-state index contributed by atoms with van der Waals surface area (Å²) >= 11 is 6.34. The Morgan fingerprint density at radius 2 is 1.81 bits per heavy atom. The van der Waals surface area contributed by atoms with Gasteiger partial charge in [0.25, 0.3) is 0 Å². The third kappa shape index (κ3) is 7.11. The molecule has 0 atom stereocenters. The average Bonchev–Trinajstić information content (AvgIpc) is 3.39. The monoisotopic (exact) mass is 507 g/mol. The van der Waals surface area contributed by atoms with E-state index in [0.29, 0.717) is 24.7 Å². The third-order valence-electron chi connectivity index (χ3n) is 5.89. The lowest BCUT2D eigenvalue weighted by Crippen LogP contribution is -2.52. The minimum absolute atomic E-state index is 0.108. The Balaban J connectivity index is 1.29. The first-order valence-electron chi connectivity index (χ1n) is 12.0. The number of ether oxygens (including phenoxy) is 1. The number of halogens is 1. The number of anilines is 1. The van der Waals surface area contributed by atoms with Gasteiger partial charge < -0.3 is 24.4 Å². The summed E-state index contributed by atoms with van der Waals surface area (Å²) in [5.41, 5.74) is 4.36. The molecule has 2 aromatic carbocycles. The largest absolute Gasteiger partial charge is 0.465 e. The Morgan fingerprint density at radius 3 is 2.50 bits per heavy atom. The quantitative estimate of drug-likeness (QED) is 0.366. The topological polar surface area (TPSA) is 79.7 Å². The Morgan fingerprint density at radius 1 is 1.06 bits per heavy atom. The van der Waals surface area contributed by atoms with E-state index in [1.54, 1.807) is 24.3 Å². The van der Waals surface area contributed by atoms with Crippen LogP contribution in [0.2, 0.25) is 5.02 Å². The summed E-state index contributed by atoms with van der Waals surface area (Å²) in [7, 11) is 0. The van der Waals surface area contributed by atoms with Crippen molar-refractivity contribution >= 4 is 41.4 Å². The van der Waals surface area contributed by atoms with Crippen LogP contribution in [0.1, 0.15) is 23.6 Å². The van der Waals surface area contributed by atoms with Gasteiger partial charge in [-0.05, 0) is 53.9 Å². The van der Waals surface area contributed by atoms with Gasteiger partial charge in [-0.1, -0.05) is 35.9 Å². The third-order valence-corrected chi connectivity index (χ3v) is 6.11. The van der Waals surface area contributed by atoms with Crippen LogP contribution in [0, 0.1) is 0 Å². The SMILES string of the molecule is CCOC(=O)CNC(=O)N1CCN(c2ccc(/C=C/c3cc(Cl)cc(Cn4ccnc4)c3)cc2)CC1. The Kier molecular flexibility index (Phi) is 8.62. The maximum atomic E-state index is 12.3. The normalized spacial score (nSPS) is 13.7. The maximum absolute atomic E-state index is 12.3. The Hall–Kier alpha value is -3.78. The summed E-state index contributed by atoms with van der Waals surface area (Å²) in [5, 5.41) is 3.32. The fourth-order valence-electron chi connectivity index (χ4n) is 4.08. The van der Waals surface area contributed by atoms with Gasteiger partial charge in [0, 0.05) is 55.8 Å². The lowest BCUT2D eigenvalue weighted by Gasteiger charge is -2.36. The molecule has 1 aliphatic heterocycles. The van der Waals surface area contributed by atoms with Gasteiger partial charge in [-0.3, -0.25) is 4.79 Å². The van der Waals surface area contributed by atoms with Crippen molar-refractivity contribution in [2.24, 2.45) is 0 Å². The van der Waals surface area contributed by atoms with E-state index in [0.717, 1.165) is 42.0 Å². The predicted octanol–water partition coefficient (Wildman–Crippen LogP) is 4.15. The first kappa shape index (κ1) is 25.3. The first-order chi connectivity index (χ1) is 17.5. The highest BCUT2D eigenvalue weighted by Crippen LogP contribution is 2.21. The van der Waals surface area contributed by atoms with Crippen LogP contribution in [0.3, 0.4) is 0 Å². The number of urea groups is 1. The summed E-state index contributed by atoms with van der Waals surface area (Å²) in [5.74, 6) is -0.427. The molecule has 0 radical (unpaired) electrons. The van der Waals surface area contributed by atoms with Crippen molar-refractivity contribution in [3.8, 4) is 0 Å². The van der Waals surface area contributed by atoms with Crippen molar-refractivity contribution in [3.63, 3.8) is 0 Å². The molecule has 8 nitrogen and oxygen atoms in total. The summed E-state index contributed by atoms with van der Waals surface area (Å²) in [6.45, 7) is 5.28. The number of piperazine rings is 1. The van der Waals surface area contributed by atoms with E-state index in [2.05, 4.69) is 57.7 Å². The highest BCUT2D eigenvalue weighted by Gasteiger charge is 2.21. The Labute approximate surface area is 216 Å². The van der Waals surface area contributed by atoms with Gasteiger partial charge in [0.05, 0.1) is 12.9 Å². The zero-order chi connectivity index (χ0) is 25.3. The molecule has 4 rings (SSSR count). The molecule has 36 heavy (non-hydrogen) atoms. The molecular formula is C27H30ClN5O3. The maximum Gasteiger partial charge on any atom is 0.325 e. The molecule has 1 N–H and O–H groups in total. The van der Waals surface area contributed by atoms with Crippen LogP contribution < -0.4 is 10.2 Å². The molecule has 1 aromatic heterocycles. The smallest absolute Gasteiger partial charge is 0.325 e. The van der Waals surface area contributed by atoms with E-state index in [1.807, 2.05) is 22.9 Å². The predicted molar refractivity (Wildman–Crippen MR) is 142 cm³/mol. The van der Waals surface area contributed by atoms with Crippen molar-refractivity contribution in [2.45, 2.75) is 13.5 Å². The second kappa shape index (κ2) is 12.3. The van der Waals surface area contributed by atoms with Crippen molar-refractivity contribution in [1.82, 2.24) is 19.8 Å². The lowest BCUT2D eigenvalue weighted by atomic mass is 10.1. The number of nitrogens with zero attached hydrogens (tertiary/aromatic N) is 4. The summed E-state index contributed by atoms with van der Waals surface area (Å²) < 4.78 is 6.85. The van der Waals surface area contributed by atoms with Crippen molar-refractivity contribution in [3.05, 3.63) is 82.9 Å². The molecule has 0 bridgehead atoms. The zero-order valence-corrected chi connectivity index (χ0v) is 21.0. The number of hydrogen-bond acceptors (Lipinski definition) is 5. The van der Waals surface area contributed by atoms with Crippen LogP contribution in [0.5, 0.6) is 0 Å². The molecular weight excluding hydrogens is 478 g/mol. The van der Waals surface area contributed by atoms with E-state index < -0.39 is 5.97 Å². The fraction of sp³-hybridized carbons (Fsp3) is 0.296. The van der Waals surface area contributed by atoms with E-state index in [4.69, 9.17) is 16.3 Å². The van der Waals surface area contributed by atoms with Gasteiger partial charge in [0.2, 0.25) is 0 Å². The molecule has 2 heterocycles. The lowest BCUT2D eigenvalue weighted by molar-refractivity contribution is -0.141. The van der Waals surface area contributed by atoms with Gasteiger partial charge >= 0.3 is 12.0 Å². The van der Waals surface area contributed by atoms with Crippen LogP contribution in [0.25, 0.3) is 12.2 Å². The van der Waals surface area contributed by atoms with Crippen LogP contribution in [-0.2, 0) is 16.1 Å². The van der Waals surface area contributed by atoms with Crippen LogP contribution in [-0.4, -0.2) is 65.8 Å². The molecule has 0 aliphatic carbocycles. The highest BCUT2D eigenvalue weighted by molar-refractivity contribution is 6.30. The number of carbonyl (C=O) groups is 2. The van der Waals surface area contributed by atoms with Gasteiger partial charge in [-0.15, -0.1) is 0 Å². The van der Waals surface area contributed by atoms with Crippen LogP contribution in [0.15, 0.2) is 61.2 Å².